The molecule has 1 aromatic rings. The number of aliphatic carboxylic acids is 1. The van der Waals surface area contributed by atoms with Crippen molar-refractivity contribution >= 4 is 12.0 Å². The molecule has 0 aliphatic rings. The van der Waals surface area contributed by atoms with Crippen molar-refractivity contribution in [2.24, 2.45) is 0 Å². The highest BCUT2D eigenvalue weighted by Gasteiger charge is 2.05. The lowest BCUT2D eigenvalue weighted by atomic mass is 10.1. The molecule has 0 fully saturated rings. The third-order valence-electron chi connectivity index (χ3n) is 2.93. The fourth-order valence-corrected chi connectivity index (χ4v) is 1.89. The van der Waals surface area contributed by atoms with Crippen LogP contribution in [0.15, 0.2) is 24.3 Å². The molecule has 1 aromatic carbocycles. The van der Waals surface area contributed by atoms with Crippen LogP contribution in [0.5, 0.6) is 5.75 Å². The lowest BCUT2D eigenvalue weighted by Gasteiger charge is -2.13. The molecule has 0 radical (unpaired) electrons. The van der Waals surface area contributed by atoms with E-state index in [1.54, 1.807) is 7.11 Å². The van der Waals surface area contributed by atoms with Gasteiger partial charge < -0.3 is 14.6 Å². The molecule has 1 atom stereocenters. The quantitative estimate of drug-likeness (QED) is 0.739. The van der Waals surface area contributed by atoms with Crippen LogP contribution in [0, 0.1) is 0 Å². The van der Waals surface area contributed by atoms with Gasteiger partial charge in [0.25, 0.3) is 0 Å². The van der Waals surface area contributed by atoms with E-state index in [-0.39, 0.29) is 6.10 Å². The van der Waals surface area contributed by atoms with Crippen molar-refractivity contribution in [2.75, 3.05) is 7.11 Å². The third kappa shape index (κ3) is 5.45. The Balaban J connectivity index is 2.78. The van der Waals surface area contributed by atoms with Gasteiger partial charge in [-0.3, -0.25) is 0 Å². The van der Waals surface area contributed by atoms with Crippen molar-refractivity contribution in [1.29, 1.82) is 0 Å². The van der Waals surface area contributed by atoms with E-state index < -0.39 is 5.97 Å². The normalized spacial score (nSPS) is 12.6. The largest absolute Gasteiger partial charge is 0.496 e. The van der Waals surface area contributed by atoms with Crippen LogP contribution in [0.1, 0.15) is 37.8 Å². The van der Waals surface area contributed by atoms with Crippen LogP contribution in [0.4, 0.5) is 0 Å². The first-order valence-corrected chi connectivity index (χ1v) is 6.76. The molecular weight excluding hydrogens is 256 g/mol. The predicted molar refractivity (Wildman–Crippen MR) is 78.8 cm³/mol. The third-order valence-corrected chi connectivity index (χ3v) is 2.93. The molecular formula is C16H22O4. The van der Waals surface area contributed by atoms with Crippen LogP contribution in [0.3, 0.4) is 0 Å². The summed E-state index contributed by atoms with van der Waals surface area (Å²) in [4.78, 5) is 10.6. The molecule has 0 saturated carbocycles. The van der Waals surface area contributed by atoms with Crippen LogP contribution in [0.25, 0.3) is 6.08 Å². The smallest absolute Gasteiger partial charge is 0.328 e. The van der Waals surface area contributed by atoms with Gasteiger partial charge in [0.15, 0.2) is 0 Å². The number of carboxylic acid groups (broad SMARTS) is 1. The first kappa shape index (κ1) is 16.2. The molecule has 110 valence electrons. The molecule has 0 spiro atoms. The minimum absolute atomic E-state index is 0.222. The van der Waals surface area contributed by atoms with E-state index in [1.165, 1.54) is 6.08 Å². The molecule has 0 bridgehead atoms. The second kappa shape index (κ2) is 8.38. The van der Waals surface area contributed by atoms with Crippen molar-refractivity contribution in [2.45, 2.75) is 39.4 Å². The van der Waals surface area contributed by atoms with Crippen LogP contribution in [-0.4, -0.2) is 24.3 Å². The van der Waals surface area contributed by atoms with Gasteiger partial charge in [-0.2, -0.15) is 0 Å². The SMILES string of the molecule is CCCC(C)OCc1ccc(OC)c(/C=C/C(=O)O)c1. The molecule has 4 heteroatoms. The minimum atomic E-state index is -0.981. The van der Waals surface area contributed by atoms with E-state index in [4.69, 9.17) is 14.6 Å². The van der Waals surface area contributed by atoms with Gasteiger partial charge >= 0.3 is 5.97 Å². The van der Waals surface area contributed by atoms with Gasteiger partial charge in [0, 0.05) is 11.6 Å². The van der Waals surface area contributed by atoms with Gasteiger partial charge in [0.05, 0.1) is 19.8 Å². The Labute approximate surface area is 120 Å². The second-order valence-electron chi connectivity index (χ2n) is 4.66. The second-order valence-corrected chi connectivity index (χ2v) is 4.66. The van der Waals surface area contributed by atoms with Gasteiger partial charge in [-0.05, 0) is 37.1 Å². The predicted octanol–water partition coefficient (Wildman–Crippen LogP) is 3.50. The molecule has 0 heterocycles. The van der Waals surface area contributed by atoms with Crippen molar-refractivity contribution in [3.05, 3.63) is 35.4 Å². The number of rotatable bonds is 8. The summed E-state index contributed by atoms with van der Waals surface area (Å²) in [6.45, 7) is 4.69. The van der Waals surface area contributed by atoms with Crippen LogP contribution >= 0.6 is 0 Å². The van der Waals surface area contributed by atoms with E-state index in [2.05, 4.69) is 13.8 Å². The van der Waals surface area contributed by atoms with Crippen LogP contribution < -0.4 is 4.74 Å². The summed E-state index contributed by atoms with van der Waals surface area (Å²) in [7, 11) is 1.56. The molecule has 20 heavy (non-hydrogen) atoms. The van der Waals surface area contributed by atoms with Gasteiger partial charge in [0.2, 0.25) is 0 Å². The summed E-state index contributed by atoms with van der Waals surface area (Å²) in [5.41, 5.74) is 1.73. The molecule has 1 unspecified atom stereocenters. The maximum absolute atomic E-state index is 10.6. The number of hydrogen-bond donors (Lipinski definition) is 1. The maximum Gasteiger partial charge on any atom is 0.328 e. The van der Waals surface area contributed by atoms with Gasteiger partial charge in [-0.15, -0.1) is 0 Å². The number of benzene rings is 1. The van der Waals surface area contributed by atoms with E-state index >= 15 is 0 Å². The fraction of sp³-hybridized carbons (Fsp3) is 0.438. The highest BCUT2D eigenvalue weighted by molar-refractivity contribution is 5.85. The summed E-state index contributed by atoms with van der Waals surface area (Å²) < 4.78 is 11.0. The Morgan fingerprint density at radius 2 is 2.20 bits per heavy atom. The zero-order valence-corrected chi connectivity index (χ0v) is 12.3. The number of ether oxygens (including phenoxy) is 2. The molecule has 1 N–H and O–H groups in total. The van der Waals surface area contributed by atoms with E-state index in [0.29, 0.717) is 12.4 Å². The summed E-state index contributed by atoms with van der Waals surface area (Å²) in [5.74, 6) is -0.335. The number of hydrogen-bond acceptors (Lipinski definition) is 3. The Morgan fingerprint density at radius 3 is 2.80 bits per heavy atom. The first-order valence-electron chi connectivity index (χ1n) is 6.76. The summed E-state index contributed by atoms with van der Waals surface area (Å²) in [5, 5.41) is 8.69. The number of carbonyl (C=O) groups is 1. The Bertz CT molecular complexity index is 466. The van der Waals surface area contributed by atoms with E-state index in [1.807, 2.05) is 18.2 Å². The van der Waals surface area contributed by atoms with Crippen molar-refractivity contribution in [3.8, 4) is 5.75 Å². The monoisotopic (exact) mass is 278 g/mol. The fourth-order valence-electron chi connectivity index (χ4n) is 1.89. The lowest BCUT2D eigenvalue weighted by molar-refractivity contribution is -0.131. The average Bonchev–Trinajstić information content (AvgIpc) is 2.43. The van der Waals surface area contributed by atoms with Gasteiger partial charge in [-0.1, -0.05) is 19.4 Å². The summed E-state index contributed by atoms with van der Waals surface area (Å²) in [6.07, 6.45) is 4.97. The highest BCUT2D eigenvalue weighted by Crippen LogP contribution is 2.22. The molecule has 0 saturated heterocycles. The Morgan fingerprint density at radius 1 is 1.45 bits per heavy atom. The van der Waals surface area contributed by atoms with Crippen molar-refractivity contribution in [3.63, 3.8) is 0 Å². The number of methoxy groups -OCH3 is 1. The van der Waals surface area contributed by atoms with E-state index in [9.17, 15) is 4.79 Å². The topological polar surface area (TPSA) is 55.8 Å². The number of carboxylic acids is 1. The highest BCUT2D eigenvalue weighted by atomic mass is 16.5. The van der Waals surface area contributed by atoms with Crippen molar-refractivity contribution in [1.82, 2.24) is 0 Å². The molecule has 0 amide bonds. The van der Waals surface area contributed by atoms with E-state index in [0.717, 1.165) is 30.0 Å². The van der Waals surface area contributed by atoms with Crippen LogP contribution in [0.2, 0.25) is 0 Å². The summed E-state index contributed by atoms with van der Waals surface area (Å²) >= 11 is 0. The Kier molecular flexibility index (Phi) is 6.81. The molecule has 0 aliphatic carbocycles. The van der Waals surface area contributed by atoms with Crippen molar-refractivity contribution < 1.29 is 19.4 Å². The molecule has 1 rings (SSSR count). The first-order chi connectivity index (χ1) is 9.56. The standard InChI is InChI=1S/C16H22O4/c1-4-5-12(2)20-11-13-6-8-15(19-3)14(10-13)7-9-16(17)18/h6-10,12H,4-5,11H2,1-3H3,(H,17,18)/b9-7+. The molecule has 0 aromatic heterocycles. The lowest BCUT2D eigenvalue weighted by Crippen LogP contribution is -2.07. The molecule has 0 aliphatic heterocycles. The molecule has 4 nitrogen and oxygen atoms in total. The summed E-state index contributed by atoms with van der Waals surface area (Å²) in [6, 6.07) is 5.64. The zero-order chi connectivity index (χ0) is 15.0. The maximum atomic E-state index is 10.6. The Hall–Kier alpha value is -1.81. The zero-order valence-electron chi connectivity index (χ0n) is 12.3. The van der Waals surface area contributed by atoms with Gasteiger partial charge in [0.1, 0.15) is 5.75 Å². The van der Waals surface area contributed by atoms with Gasteiger partial charge in [-0.25, -0.2) is 4.79 Å². The average molecular weight is 278 g/mol. The minimum Gasteiger partial charge on any atom is -0.496 e. The van der Waals surface area contributed by atoms with Crippen LogP contribution in [-0.2, 0) is 16.1 Å².